The van der Waals surface area contributed by atoms with Crippen LogP contribution in [0.5, 0.6) is 0 Å². The van der Waals surface area contributed by atoms with Gasteiger partial charge in [0, 0.05) is 12.8 Å². The van der Waals surface area contributed by atoms with Crippen LogP contribution in [0.2, 0.25) is 0 Å². The molecule has 0 fully saturated rings. The lowest BCUT2D eigenvalue weighted by Crippen LogP contribution is -2.05. The molecule has 0 atom stereocenters. The van der Waals surface area contributed by atoms with Gasteiger partial charge in [-0.1, -0.05) is 237 Å². The maximum absolute atomic E-state index is 12.0. The quantitative estimate of drug-likeness (QED) is 0.0268. The first-order valence-corrected chi connectivity index (χ1v) is 24.7. The lowest BCUT2D eigenvalue weighted by Gasteiger charge is -2.05. The number of unbranched alkanes of at least 4 members (excludes halogenated alkanes) is 36. The van der Waals surface area contributed by atoms with Gasteiger partial charge < -0.3 is 4.74 Å². The zero-order chi connectivity index (χ0) is 39.1. The summed E-state index contributed by atoms with van der Waals surface area (Å²) in [6.45, 7) is 2.89. The molecule has 0 aromatic heterocycles. The predicted molar refractivity (Wildman–Crippen MR) is 240 cm³/mol. The van der Waals surface area contributed by atoms with Gasteiger partial charge in [0.15, 0.2) is 0 Å². The fraction of sp³-hybridized carbons (Fsp3) is 0.880. The third-order valence-corrected chi connectivity index (χ3v) is 11.3. The van der Waals surface area contributed by atoms with Gasteiger partial charge in [0.25, 0.3) is 0 Å². The van der Waals surface area contributed by atoms with Gasteiger partial charge in [-0.05, 0) is 63.0 Å². The van der Waals surface area contributed by atoms with Crippen molar-refractivity contribution in [1.82, 2.24) is 0 Å². The second kappa shape index (κ2) is 48.1. The van der Waals surface area contributed by atoms with E-state index in [2.05, 4.69) is 31.2 Å². The maximum Gasteiger partial charge on any atom is 0.305 e. The van der Waals surface area contributed by atoms with Crippen LogP contribution in [-0.4, -0.2) is 17.8 Å². The molecule has 0 aliphatic rings. The van der Waals surface area contributed by atoms with Crippen LogP contribution in [0, 0.1) is 0 Å². The first-order chi connectivity index (χ1) is 26.7. The van der Waals surface area contributed by atoms with Crippen LogP contribution in [0.4, 0.5) is 0 Å². The molecule has 0 unspecified atom stereocenters. The van der Waals surface area contributed by atoms with Gasteiger partial charge in [-0.3, -0.25) is 9.59 Å². The highest BCUT2D eigenvalue weighted by atomic mass is 35.5. The van der Waals surface area contributed by atoms with Crippen molar-refractivity contribution in [2.24, 2.45) is 0 Å². The fourth-order valence-electron chi connectivity index (χ4n) is 7.48. The molecule has 0 radical (unpaired) electrons. The molecule has 0 saturated heterocycles. The molecule has 0 aromatic rings. The van der Waals surface area contributed by atoms with Gasteiger partial charge in [0.2, 0.25) is 5.24 Å². The highest BCUT2D eigenvalue weighted by molar-refractivity contribution is 6.63. The molecule has 0 amide bonds. The Bertz CT molecular complexity index is 806. The zero-order valence-electron chi connectivity index (χ0n) is 36.3. The molecule has 0 spiro atoms. The third-order valence-electron chi connectivity index (χ3n) is 11.1. The van der Waals surface area contributed by atoms with E-state index >= 15 is 0 Å². The molecule has 0 bridgehead atoms. The topological polar surface area (TPSA) is 43.4 Å². The number of allylic oxidation sites excluding steroid dienone is 4. The summed E-state index contributed by atoms with van der Waals surface area (Å²) in [4.78, 5) is 22.7. The molecule has 0 aliphatic carbocycles. The number of hydrogen-bond acceptors (Lipinski definition) is 3. The Balaban J connectivity index is 3.19. The first-order valence-electron chi connectivity index (χ1n) is 24.3. The average molecular weight is 778 g/mol. The van der Waals surface area contributed by atoms with Gasteiger partial charge in [-0.15, -0.1) is 0 Å². The second-order valence-electron chi connectivity index (χ2n) is 16.6. The van der Waals surface area contributed by atoms with Crippen molar-refractivity contribution < 1.29 is 14.3 Å². The van der Waals surface area contributed by atoms with Gasteiger partial charge in [0.1, 0.15) is 0 Å². The number of esters is 1. The van der Waals surface area contributed by atoms with E-state index in [1.54, 1.807) is 0 Å². The Morgan fingerprint density at radius 2 is 0.667 bits per heavy atom. The second-order valence-corrected chi connectivity index (χ2v) is 17.0. The molecule has 0 rings (SSSR count). The van der Waals surface area contributed by atoms with E-state index in [1.165, 1.54) is 212 Å². The molecule has 3 nitrogen and oxygen atoms in total. The average Bonchev–Trinajstić information content (AvgIpc) is 3.16. The first kappa shape index (κ1) is 52.9. The lowest BCUT2D eigenvalue weighted by molar-refractivity contribution is -0.143. The van der Waals surface area contributed by atoms with E-state index < -0.39 is 0 Å². The van der Waals surface area contributed by atoms with E-state index in [-0.39, 0.29) is 11.2 Å². The summed E-state index contributed by atoms with van der Waals surface area (Å²) < 4.78 is 5.47. The third kappa shape index (κ3) is 48.9. The number of hydrogen-bond donors (Lipinski definition) is 0. The number of carbonyl (C=O) groups is 2. The predicted octanol–water partition coefficient (Wildman–Crippen LogP) is 17.8. The minimum absolute atomic E-state index is 0.00491. The van der Waals surface area contributed by atoms with Crippen LogP contribution < -0.4 is 0 Å². The molecule has 0 saturated carbocycles. The van der Waals surface area contributed by atoms with Crippen molar-refractivity contribution in [1.29, 1.82) is 0 Å². The molecule has 318 valence electrons. The molecule has 4 heteroatoms. The van der Waals surface area contributed by atoms with Crippen LogP contribution in [0.25, 0.3) is 0 Å². The molecule has 0 aromatic carbocycles. The largest absolute Gasteiger partial charge is 0.466 e. The van der Waals surface area contributed by atoms with Crippen LogP contribution in [0.15, 0.2) is 24.3 Å². The molecule has 54 heavy (non-hydrogen) atoms. The van der Waals surface area contributed by atoms with Crippen molar-refractivity contribution >= 4 is 22.8 Å². The van der Waals surface area contributed by atoms with Crippen LogP contribution >= 0.6 is 11.6 Å². The Morgan fingerprint density at radius 1 is 0.370 bits per heavy atom. The molecular formula is C50H93ClO3. The molecule has 0 aliphatic heterocycles. The van der Waals surface area contributed by atoms with E-state index in [1.807, 2.05) is 0 Å². The van der Waals surface area contributed by atoms with Gasteiger partial charge >= 0.3 is 5.97 Å². The minimum atomic E-state index is -0.182. The van der Waals surface area contributed by atoms with Crippen LogP contribution in [0.3, 0.4) is 0 Å². The van der Waals surface area contributed by atoms with E-state index in [4.69, 9.17) is 16.3 Å². The van der Waals surface area contributed by atoms with Gasteiger partial charge in [-0.2, -0.15) is 0 Å². The summed E-state index contributed by atoms with van der Waals surface area (Å²) in [7, 11) is 0. The summed E-state index contributed by atoms with van der Waals surface area (Å²) in [5, 5.41) is -0.182. The number of halogens is 1. The van der Waals surface area contributed by atoms with E-state index in [0.717, 1.165) is 44.9 Å². The fourth-order valence-corrected chi connectivity index (χ4v) is 7.61. The molecule has 0 heterocycles. The Hall–Kier alpha value is -1.09. The van der Waals surface area contributed by atoms with E-state index in [9.17, 15) is 9.59 Å². The lowest BCUT2D eigenvalue weighted by atomic mass is 10.0. The van der Waals surface area contributed by atoms with Crippen molar-refractivity contribution in [3.63, 3.8) is 0 Å². The highest BCUT2D eigenvalue weighted by Crippen LogP contribution is 2.17. The monoisotopic (exact) mass is 777 g/mol. The highest BCUT2D eigenvalue weighted by Gasteiger charge is 2.03. The summed E-state index contributed by atoms with van der Waals surface area (Å²) in [5.41, 5.74) is 0. The molecule has 0 N–H and O–H groups in total. The smallest absolute Gasteiger partial charge is 0.305 e. The van der Waals surface area contributed by atoms with Gasteiger partial charge in [-0.25, -0.2) is 0 Å². The number of rotatable bonds is 46. The normalized spacial score (nSPS) is 11.7. The minimum Gasteiger partial charge on any atom is -0.466 e. The standard InChI is InChI=1S/C50H93ClO3/c1-2-3-4-5-6-7-8-9-10-22-26-29-32-35-38-41-44-47-50(53)54-48-45-42-39-36-33-30-27-24-21-19-17-15-13-11-12-14-16-18-20-23-25-28-31-34-37-40-43-46-49(51)52/h9-10,26,29H,2-8,11-25,27-28,30-48H2,1H3/b10-9+,29-26+. The number of carbonyl (C=O) groups excluding carboxylic acids is 2. The van der Waals surface area contributed by atoms with Crippen molar-refractivity contribution in [2.45, 2.75) is 277 Å². The Labute approximate surface area is 343 Å². The van der Waals surface area contributed by atoms with Crippen molar-refractivity contribution in [3.8, 4) is 0 Å². The Kier molecular flexibility index (Phi) is 47.1. The number of ether oxygens (including phenoxy) is 1. The molecular weight excluding hydrogens is 684 g/mol. The van der Waals surface area contributed by atoms with Crippen LogP contribution in [-0.2, 0) is 14.3 Å². The summed E-state index contributed by atoms with van der Waals surface area (Å²) in [6.07, 6.45) is 63.1. The van der Waals surface area contributed by atoms with E-state index in [0.29, 0.717) is 19.4 Å². The Morgan fingerprint density at radius 3 is 1.02 bits per heavy atom. The summed E-state index contributed by atoms with van der Waals surface area (Å²) >= 11 is 5.38. The summed E-state index contributed by atoms with van der Waals surface area (Å²) in [6, 6.07) is 0. The van der Waals surface area contributed by atoms with Crippen molar-refractivity contribution in [2.75, 3.05) is 6.61 Å². The van der Waals surface area contributed by atoms with Crippen LogP contribution in [0.1, 0.15) is 277 Å². The SMILES string of the molecule is CCCCCCCC/C=C/C/C=C/CCCCCCC(=O)OCCCCCCCCCCCCCCCCCCCCCCCCCCCCCC(=O)Cl. The van der Waals surface area contributed by atoms with Gasteiger partial charge in [0.05, 0.1) is 6.61 Å². The maximum atomic E-state index is 12.0. The zero-order valence-corrected chi connectivity index (χ0v) is 37.1. The van der Waals surface area contributed by atoms with Crippen molar-refractivity contribution in [3.05, 3.63) is 24.3 Å². The summed E-state index contributed by atoms with van der Waals surface area (Å²) in [5.74, 6) is 0.00491.